The molecule has 0 aliphatic heterocycles. The zero-order valence-corrected chi connectivity index (χ0v) is 18.4. The normalized spacial score (nSPS) is 12.3. The molecule has 0 rings (SSSR count). The van der Waals surface area contributed by atoms with Crippen molar-refractivity contribution in [1.29, 1.82) is 0 Å². The summed E-state index contributed by atoms with van der Waals surface area (Å²) in [5.41, 5.74) is 0. The van der Waals surface area contributed by atoms with E-state index in [-0.39, 0.29) is 0 Å². The minimum Gasteiger partial charge on any atom is -0.480 e. The molecule has 0 heterocycles. The molecule has 166 valence electrons. The van der Waals surface area contributed by atoms with Crippen LogP contribution in [0.4, 0.5) is 0 Å². The highest BCUT2D eigenvalue weighted by Crippen LogP contribution is 2.11. The molecule has 0 aromatic rings. The van der Waals surface area contributed by atoms with E-state index in [0.29, 0.717) is 59.5 Å². The fraction of sp³-hybridized carbons (Fsp3) is 0.933. The smallest absolute Gasteiger partial charge is 0.377 e. The van der Waals surface area contributed by atoms with Gasteiger partial charge in [0.2, 0.25) is 0 Å². The number of carboxylic acid groups (broad SMARTS) is 1. The van der Waals surface area contributed by atoms with E-state index in [0.717, 1.165) is 6.42 Å². The van der Waals surface area contributed by atoms with E-state index in [2.05, 4.69) is 10.5 Å². The van der Waals surface area contributed by atoms with Gasteiger partial charge >= 0.3 is 34.6 Å². The Morgan fingerprint density at radius 2 is 1.52 bits per heavy atom. The second-order valence-corrected chi connectivity index (χ2v) is 7.18. The van der Waals surface area contributed by atoms with Crippen LogP contribution in [0.1, 0.15) is 25.7 Å². The molecule has 0 saturated carbocycles. The summed E-state index contributed by atoms with van der Waals surface area (Å²) in [6.07, 6.45) is 2.40. The highest BCUT2D eigenvalue weighted by atomic mass is 16.6. The van der Waals surface area contributed by atoms with E-state index in [4.69, 9.17) is 4.76 Å². The summed E-state index contributed by atoms with van der Waals surface area (Å²) < 4.78 is 5.60. The SMILES string of the molecule is CBON(CCCNB(C)O)CCCC(C(=O)O)N(CCCNB(C)O)B(C)O. The van der Waals surface area contributed by atoms with E-state index in [1.165, 1.54) is 0 Å². The van der Waals surface area contributed by atoms with Gasteiger partial charge in [-0.15, -0.1) is 0 Å². The largest absolute Gasteiger partial charge is 0.480 e. The molecule has 1 unspecified atom stereocenters. The number of nitrogens with zero attached hydrogens (tertiary/aromatic N) is 2. The monoisotopic (exact) mass is 414 g/mol. The Kier molecular flexibility index (Phi) is 16.8. The second-order valence-electron chi connectivity index (χ2n) is 7.18. The van der Waals surface area contributed by atoms with E-state index < -0.39 is 33.2 Å². The molecule has 1 atom stereocenters. The summed E-state index contributed by atoms with van der Waals surface area (Å²) in [5, 5.41) is 45.8. The molecule has 0 radical (unpaired) electrons. The molecule has 0 spiro atoms. The van der Waals surface area contributed by atoms with Crippen molar-refractivity contribution >= 4 is 34.6 Å². The highest BCUT2D eigenvalue weighted by Gasteiger charge is 2.30. The Balaban J connectivity index is 4.55. The van der Waals surface area contributed by atoms with Gasteiger partial charge in [0.15, 0.2) is 0 Å². The first kappa shape index (κ1) is 28.4. The quantitative estimate of drug-likeness (QED) is 0.0838. The third kappa shape index (κ3) is 14.9. The Hall–Kier alpha value is -0.590. The third-order valence-electron chi connectivity index (χ3n) is 4.42. The number of nitrogens with one attached hydrogen (secondary N) is 2. The Bertz CT molecular complexity index is 426. The molecule has 0 aromatic heterocycles. The maximum Gasteiger partial charge on any atom is 0.377 e. The summed E-state index contributed by atoms with van der Waals surface area (Å²) in [6, 6.07) is -0.790. The number of hydrogen-bond acceptors (Lipinski definition) is 9. The topological polar surface area (TPSA) is 138 Å². The van der Waals surface area contributed by atoms with Crippen molar-refractivity contribution in [3.63, 3.8) is 0 Å². The van der Waals surface area contributed by atoms with Gasteiger partial charge in [-0.1, -0.05) is 6.82 Å². The fourth-order valence-corrected chi connectivity index (χ4v) is 3.06. The molecular formula is C15H38B4N4O6. The Labute approximate surface area is 177 Å². The van der Waals surface area contributed by atoms with E-state index in [9.17, 15) is 25.0 Å². The Morgan fingerprint density at radius 1 is 1.00 bits per heavy atom. The molecule has 0 aliphatic rings. The molecule has 29 heavy (non-hydrogen) atoms. The van der Waals surface area contributed by atoms with Crippen molar-refractivity contribution in [3.05, 3.63) is 0 Å². The van der Waals surface area contributed by atoms with Crippen LogP contribution in [0.15, 0.2) is 0 Å². The van der Waals surface area contributed by atoms with Crippen molar-refractivity contribution < 1.29 is 29.7 Å². The van der Waals surface area contributed by atoms with Gasteiger partial charge in [0.05, 0.1) is 0 Å². The van der Waals surface area contributed by atoms with Crippen molar-refractivity contribution in [2.45, 2.75) is 59.0 Å². The van der Waals surface area contributed by atoms with Gasteiger partial charge in [-0.05, 0) is 65.8 Å². The summed E-state index contributed by atoms with van der Waals surface area (Å²) in [6.45, 7) is 9.63. The van der Waals surface area contributed by atoms with Gasteiger partial charge in [-0.2, -0.15) is 0 Å². The third-order valence-corrected chi connectivity index (χ3v) is 4.42. The van der Waals surface area contributed by atoms with E-state index >= 15 is 0 Å². The number of hydroxylamine groups is 2. The standard InChI is InChI=1S/C15H38B4N4O6/c1-16-29-22(12-6-9-20-17(2)26)11-5-8-14(15(24)25)23(19(4)28)13-7-10-21-18(3)27/h14,16,20-21,26-28H,5-13H2,1-4H3,(H,24,25). The lowest BCUT2D eigenvalue weighted by atomic mass is 9.81. The lowest BCUT2D eigenvalue weighted by molar-refractivity contribution is -0.142. The molecule has 6 N–H and O–H groups in total. The van der Waals surface area contributed by atoms with Crippen LogP contribution in [0.25, 0.3) is 0 Å². The minimum atomic E-state index is -0.960. The number of rotatable bonds is 19. The zero-order valence-electron chi connectivity index (χ0n) is 18.4. The average Bonchev–Trinajstić information content (AvgIpc) is 2.62. The lowest BCUT2D eigenvalue weighted by Crippen LogP contribution is -2.50. The van der Waals surface area contributed by atoms with Crippen LogP contribution in [-0.2, 0) is 9.55 Å². The molecule has 14 heteroatoms. The molecule has 0 bridgehead atoms. The number of hydrogen-bond donors (Lipinski definition) is 6. The van der Waals surface area contributed by atoms with Crippen molar-refractivity contribution in [2.75, 3.05) is 32.7 Å². The van der Waals surface area contributed by atoms with Gasteiger partial charge in [-0.25, -0.2) is 5.06 Å². The number of carbonyl (C=O) groups is 1. The average molecular weight is 414 g/mol. The first-order chi connectivity index (χ1) is 13.7. The first-order valence-electron chi connectivity index (χ1n) is 10.6. The van der Waals surface area contributed by atoms with Crippen LogP contribution in [0, 0.1) is 0 Å². The molecular weight excluding hydrogens is 375 g/mol. The molecule has 10 nitrogen and oxygen atoms in total. The predicted molar refractivity (Wildman–Crippen MR) is 120 cm³/mol. The van der Waals surface area contributed by atoms with Gasteiger partial charge in [-0.3, -0.25) is 4.79 Å². The summed E-state index contributed by atoms with van der Waals surface area (Å²) in [4.78, 5) is 13.4. The number of aliphatic carboxylic acids is 1. The van der Waals surface area contributed by atoms with Crippen molar-refractivity contribution in [1.82, 2.24) is 20.3 Å². The molecule has 0 saturated heterocycles. The van der Waals surface area contributed by atoms with Crippen LogP contribution in [0.3, 0.4) is 0 Å². The maximum absolute atomic E-state index is 11.8. The Morgan fingerprint density at radius 3 is 1.97 bits per heavy atom. The second kappa shape index (κ2) is 17.1. The van der Waals surface area contributed by atoms with Crippen molar-refractivity contribution in [3.8, 4) is 0 Å². The molecule has 0 aromatic carbocycles. The lowest BCUT2D eigenvalue weighted by Gasteiger charge is -2.30. The molecule has 0 aliphatic carbocycles. The van der Waals surface area contributed by atoms with Gasteiger partial charge in [0.25, 0.3) is 0 Å². The maximum atomic E-state index is 11.8. The van der Waals surface area contributed by atoms with Crippen LogP contribution in [-0.4, -0.2) is 103 Å². The molecule has 0 fully saturated rings. The zero-order chi connectivity index (χ0) is 22.2. The van der Waals surface area contributed by atoms with Gasteiger partial charge < -0.3 is 40.2 Å². The first-order valence-corrected chi connectivity index (χ1v) is 10.6. The highest BCUT2D eigenvalue weighted by molar-refractivity contribution is 6.46. The predicted octanol–water partition coefficient (Wildman–Crippen LogP) is -1.55. The summed E-state index contributed by atoms with van der Waals surface area (Å²) in [5.74, 6) is -0.960. The fourth-order valence-electron chi connectivity index (χ4n) is 3.06. The van der Waals surface area contributed by atoms with Crippen LogP contribution < -0.4 is 10.5 Å². The van der Waals surface area contributed by atoms with Crippen LogP contribution in [0.2, 0.25) is 27.3 Å². The molecule has 0 amide bonds. The van der Waals surface area contributed by atoms with Crippen LogP contribution >= 0.6 is 0 Å². The van der Waals surface area contributed by atoms with E-state index in [1.807, 2.05) is 11.9 Å². The number of carboxylic acids is 1. The van der Waals surface area contributed by atoms with E-state index in [1.54, 1.807) is 25.3 Å². The van der Waals surface area contributed by atoms with Gasteiger partial charge in [0.1, 0.15) is 6.04 Å². The minimum absolute atomic E-state index is 0.388. The van der Waals surface area contributed by atoms with Crippen LogP contribution in [0.5, 0.6) is 0 Å². The van der Waals surface area contributed by atoms with Crippen molar-refractivity contribution in [2.24, 2.45) is 0 Å². The summed E-state index contributed by atoms with van der Waals surface area (Å²) >= 11 is 0. The summed E-state index contributed by atoms with van der Waals surface area (Å²) in [7, 11) is -1.51. The van der Waals surface area contributed by atoms with Gasteiger partial charge in [0, 0.05) is 13.1 Å².